The van der Waals surface area contributed by atoms with Crippen molar-refractivity contribution >= 4 is 17.7 Å². The molecule has 0 unspecified atom stereocenters. The molecule has 0 amide bonds. The molecule has 0 spiro atoms. The third-order valence-electron chi connectivity index (χ3n) is 2.94. The Balaban J connectivity index is 2.64. The van der Waals surface area contributed by atoms with Crippen LogP contribution in [-0.4, -0.2) is 22.0 Å². The Hall–Kier alpha value is -3.07. The first-order valence-electron chi connectivity index (χ1n) is 6.66. The number of hydrogen-bond acceptors (Lipinski definition) is 5. The van der Waals surface area contributed by atoms with Gasteiger partial charge in [-0.05, 0) is 31.6 Å². The molecule has 0 atom stereocenters. The van der Waals surface area contributed by atoms with Crippen LogP contribution in [0.1, 0.15) is 18.2 Å². The van der Waals surface area contributed by atoms with Gasteiger partial charge < -0.3 is 9.47 Å². The van der Waals surface area contributed by atoms with E-state index in [9.17, 15) is 4.79 Å². The molecule has 0 N–H and O–H groups in total. The maximum Gasteiger partial charge on any atom is 0.348 e. The van der Waals surface area contributed by atoms with Gasteiger partial charge in [-0.2, -0.15) is 10.2 Å². The molecule has 0 saturated heterocycles. The van der Waals surface area contributed by atoms with Gasteiger partial charge in [0.2, 0.25) is 5.88 Å². The third-order valence-corrected chi connectivity index (χ3v) is 2.94. The SMILES string of the molecule is C=COc1nc2c(C)cccn2c1/C=C(\C#N)C(=O)OCC. The summed E-state index contributed by atoms with van der Waals surface area (Å²) >= 11 is 0. The molecule has 0 aromatic carbocycles. The predicted octanol–water partition coefficient (Wildman–Crippen LogP) is 2.64. The fourth-order valence-corrected chi connectivity index (χ4v) is 1.98. The zero-order valence-electron chi connectivity index (χ0n) is 12.4. The first-order valence-corrected chi connectivity index (χ1v) is 6.66. The molecule has 22 heavy (non-hydrogen) atoms. The van der Waals surface area contributed by atoms with E-state index in [-0.39, 0.29) is 18.1 Å². The molecule has 2 aromatic rings. The Labute approximate surface area is 127 Å². The highest BCUT2D eigenvalue weighted by Crippen LogP contribution is 2.24. The average Bonchev–Trinajstić information content (AvgIpc) is 2.84. The van der Waals surface area contributed by atoms with E-state index in [0.717, 1.165) is 5.56 Å². The van der Waals surface area contributed by atoms with Crippen molar-refractivity contribution in [3.05, 3.63) is 48.0 Å². The quantitative estimate of drug-likeness (QED) is 0.367. The van der Waals surface area contributed by atoms with Crippen molar-refractivity contribution in [2.24, 2.45) is 0 Å². The molecule has 2 heterocycles. The number of carbonyl (C=O) groups is 1. The number of aromatic nitrogens is 2. The van der Waals surface area contributed by atoms with Crippen LogP contribution in [0.25, 0.3) is 11.7 Å². The van der Waals surface area contributed by atoms with E-state index < -0.39 is 5.97 Å². The zero-order chi connectivity index (χ0) is 16.1. The number of nitrogens with zero attached hydrogens (tertiary/aromatic N) is 3. The maximum absolute atomic E-state index is 11.8. The van der Waals surface area contributed by atoms with E-state index in [1.807, 2.05) is 25.1 Å². The summed E-state index contributed by atoms with van der Waals surface area (Å²) in [5, 5.41) is 9.16. The Morgan fingerprint density at radius 2 is 2.36 bits per heavy atom. The number of hydrogen-bond donors (Lipinski definition) is 0. The number of imidazole rings is 1. The Bertz CT molecular complexity index is 797. The van der Waals surface area contributed by atoms with E-state index in [1.54, 1.807) is 17.5 Å². The minimum Gasteiger partial charge on any atom is -0.462 e. The molecule has 0 aliphatic heterocycles. The molecule has 2 rings (SSSR count). The fraction of sp³-hybridized carbons (Fsp3) is 0.188. The smallest absolute Gasteiger partial charge is 0.348 e. The van der Waals surface area contributed by atoms with Crippen LogP contribution in [0.5, 0.6) is 5.88 Å². The summed E-state index contributed by atoms with van der Waals surface area (Å²) in [7, 11) is 0. The summed E-state index contributed by atoms with van der Waals surface area (Å²) in [4.78, 5) is 16.1. The van der Waals surface area contributed by atoms with E-state index in [2.05, 4.69) is 11.6 Å². The molecule has 2 aromatic heterocycles. The largest absolute Gasteiger partial charge is 0.462 e. The van der Waals surface area contributed by atoms with Crippen LogP contribution in [0.2, 0.25) is 0 Å². The van der Waals surface area contributed by atoms with Crippen molar-refractivity contribution in [2.45, 2.75) is 13.8 Å². The second kappa shape index (κ2) is 6.59. The lowest BCUT2D eigenvalue weighted by molar-refractivity contribution is -0.137. The summed E-state index contributed by atoms with van der Waals surface area (Å²) < 4.78 is 11.9. The summed E-state index contributed by atoms with van der Waals surface area (Å²) in [5.41, 5.74) is 1.96. The van der Waals surface area contributed by atoms with Crippen molar-refractivity contribution in [2.75, 3.05) is 6.61 Å². The number of carbonyl (C=O) groups excluding carboxylic acids is 1. The minimum absolute atomic E-state index is 0.126. The number of fused-ring (bicyclic) bond motifs is 1. The fourth-order valence-electron chi connectivity index (χ4n) is 1.98. The van der Waals surface area contributed by atoms with Crippen molar-refractivity contribution in [1.82, 2.24) is 9.38 Å². The van der Waals surface area contributed by atoms with Gasteiger partial charge in [0.25, 0.3) is 0 Å². The third kappa shape index (κ3) is 2.83. The lowest BCUT2D eigenvalue weighted by Crippen LogP contribution is -2.06. The molecule has 112 valence electrons. The van der Waals surface area contributed by atoms with Crippen LogP contribution in [0.4, 0.5) is 0 Å². The molecule has 0 aliphatic carbocycles. The molecule has 0 radical (unpaired) electrons. The summed E-state index contributed by atoms with van der Waals surface area (Å²) in [6.07, 6.45) is 4.42. The van der Waals surface area contributed by atoms with Crippen molar-refractivity contribution in [1.29, 1.82) is 5.26 Å². The highest BCUT2D eigenvalue weighted by molar-refractivity contribution is 5.98. The van der Waals surface area contributed by atoms with Crippen molar-refractivity contribution in [3.63, 3.8) is 0 Å². The zero-order valence-corrected chi connectivity index (χ0v) is 12.4. The van der Waals surface area contributed by atoms with E-state index >= 15 is 0 Å². The van der Waals surface area contributed by atoms with Crippen molar-refractivity contribution in [3.8, 4) is 11.9 Å². The number of esters is 1. The van der Waals surface area contributed by atoms with Gasteiger partial charge in [-0.25, -0.2) is 4.79 Å². The van der Waals surface area contributed by atoms with Gasteiger partial charge in [0.15, 0.2) is 0 Å². The van der Waals surface area contributed by atoms with Gasteiger partial charge in [-0.1, -0.05) is 12.6 Å². The Morgan fingerprint density at radius 3 is 3.00 bits per heavy atom. The lowest BCUT2D eigenvalue weighted by atomic mass is 10.2. The second-order valence-corrected chi connectivity index (χ2v) is 4.36. The van der Waals surface area contributed by atoms with E-state index in [4.69, 9.17) is 14.7 Å². The van der Waals surface area contributed by atoms with Gasteiger partial charge in [-0.3, -0.25) is 4.40 Å². The molecule has 0 fully saturated rings. The highest BCUT2D eigenvalue weighted by Gasteiger charge is 2.17. The summed E-state index contributed by atoms with van der Waals surface area (Å²) in [6.45, 7) is 7.28. The molecule has 6 heteroatoms. The van der Waals surface area contributed by atoms with Crippen LogP contribution >= 0.6 is 0 Å². The van der Waals surface area contributed by atoms with Gasteiger partial charge in [0.05, 0.1) is 12.9 Å². The van der Waals surface area contributed by atoms with Crippen LogP contribution in [-0.2, 0) is 9.53 Å². The van der Waals surface area contributed by atoms with Gasteiger partial charge >= 0.3 is 5.97 Å². The van der Waals surface area contributed by atoms with Gasteiger partial charge in [0, 0.05) is 6.20 Å². The maximum atomic E-state index is 11.8. The topological polar surface area (TPSA) is 76.6 Å². The average molecular weight is 297 g/mol. The standard InChI is InChI=1S/C16H15N3O3/c1-4-21-15-13(9-12(10-17)16(20)22-5-2)19-8-6-7-11(3)14(19)18-15/h4,6-9H,1,5H2,2-3H3/b12-9+. The Kier molecular flexibility index (Phi) is 4.59. The normalized spacial score (nSPS) is 11.0. The van der Waals surface area contributed by atoms with Crippen molar-refractivity contribution < 1.29 is 14.3 Å². The summed E-state index contributed by atoms with van der Waals surface area (Å²) in [6, 6.07) is 5.59. The molecule has 6 nitrogen and oxygen atoms in total. The number of pyridine rings is 1. The molecule has 0 saturated carbocycles. The van der Waals surface area contributed by atoms with Crippen LogP contribution in [0.15, 0.2) is 36.7 Å². The first-order chi connectivity index (χ1) is 10.6. The first kappa shape index (κ1) is 15.3. The van der Waals surface area contributed by atoms with Crippen LogP contribution in [0.3, 0.4) is 0 Å². The predicted molar refractivity (Wildman–Crippen MR) is 81.0 cm³/mol. The number of rotatable bonds is 5. The van der Waals surface area contributed by atoms with Gasteiger partial charge in [-0.15, -0.1) is 0 Å². The number of aryl methyl sites for hydroxylation is 1. The molecular weight excluding hydrogens is 282 g/mol. The minimum atomic E-state index is -0.683. The number of nitriles is 1. The Morgan fingerprint density at radius 1 is 1.59 bits per heavy atom. The monoisotopic (exact) mass is 297 g/mol. The molecule has 0 bridgehead atoms. The molecule has 0 aliphatic rings. The molecular formula is C16H15N3O3. The van der Waals surface area contributed by atoms with Gasteiger partial charge in [0.1, 0.15) is 23.0 Å². The number of ether oxygens (including phenoxy) is 2. The lowest BCUT2D eigenvalue weighted by Gasteiger charge is -2.02. The van der Waals surface area contributed by atoms with E-state index in [0.29, 0.717) is 11.3 Å². The highest BCUT2D eigenvalue weighted by atomic mass is 16.5. The van der Waals surface area contributed by atoms with E-state index in [1.165, 1.54) is 12.3 Å². The summed E-state index contributed by atoms with van der Waals surface area (Å²) in [5.74, 6) is -0.418. The van der Waals surface area contributed by atoms with Crippen LogP contribution < -0.4 is 4.74 Å². The second-order valence-electron chi connectivity index (χ2n) is 4.36. The van der Waals surface area contributed by atoms with Crippen LogP contribution in [0, 0.1) is 18.3 Å².